The number of nitrogens with two attached hydrogens (primary N) is 1. The molecule has 0 fully saturated rings. The van der Waals surface area contributed by atoms with E-state index in [4.69, 9.17) is 10.5 Å². The summed E-state index contributed by atoms with van der Waals surface area (Å²) in [7, 11) is 0. The number of halogens is 2. The van der Waals surface area contributed by atoms with E-state index in [0.717, 1.165) is 22.2 Å². The fourth-order valence-corrected chi connectivity index (χ4v) is 2.33. The fourth-order valence-electron chi connectivity index (χ4n) is 1.96. The summed E-state index contributed by atoms with van der Waals surface area (Å²) >= 11 is 3.41. The summed E-state index contributed by atoms with van der Waals surface area (Å²) < 4.78 is 20.0. The maximum atomic E-state index is 13.0. The monoisotopic (exact) mass is 337 g/mol. The van der Waals surface area contributed by atoms with Crippen LogP contribution in [0.2, 0.25) is 0 Å². The van der Waals surface area contributed by atoms with Crippen LogP contribution >= 0.6 is 15.9 Å². The van der Waals surface area contributed by atoms with E-state index in [0.29, 0.717) is 0 Å². The minimum atomic E-state index is -0.296. The lowest BCUT2D eigenvalue weighted by Gasteiger charge is -2.25. The van der Waals surface area contributed by atoms with Gasteiger partial charge in [-0.25, -0.2) is 4.39 Å². The summed E-state index contributed by atoms with van der Waals surface area (Å²) in [4.78, 5) is 0. The first-order chi connectivity index (χ1) is 9.60. The van der Waals surface area contributed by atoms with E-state index in [2.05, 4.69) is 15.9 Å². The van der Waals surface area contributed by atoms with E-state index in [9.17, 15) is 4.39 Å². The molecule has 0 aliphatic carbocycles. The third-order valence-electron chi connectivity index (χ3n) is 3.12. The van der Waals surface area contributed by atoms with E-state index in [1.807, 2.05) is 31.2 Å². The van der Waals surface area contributed by atoms with E-state index in [1.54, 1.807) is 12.1 Å². The van der Waals surface area contributed by atoms with E-state index in [-0.39, 0.29) is 18.0 Å². The second-order valence-corrected chi connectivity index (χ2v) is 5.54. The van der Waals surface area contributed by atoms with Crippen molar-refractivity contribution >= 4 is 15.9 Å². The van der Waals surface area contributed by atoms with E-state index in [1.165, 1.54) is 12.1 Å². The lowest BCUT2D eigenvalue weighted by molar-refractivity contribution is 0.171. The Morgan fingerprint density at radius 2 is 1.90 bits per heavy atom. The van der Waals surface area contributed by atoms with E-state index >= 15 is 0 Å². The van der Waals surface area contributed by atoms with Crippen molar-refractivity contribution in [1.82, 2.24) is 0 Å². The third kappa shape index (κ3) is 3.81. The molecular formula is C16H17BrFNO. The van der Waals surface area contributed by atoms with Crippen LogP contribution in [-0.2, 0) is 0 Å². The molecule has 0 radical (unpaired) electrons. The van der Waals surface area contributed by atoms with Crippen molar-refractivity contribution in [3.05, 3.63) is 64.4 Å². The Bertz CT molecular complexity index is 559. The number of rotatable bonds is 5. The van der Waals surface area contributed by atoms with Crippen LogP contribution in [0, 0.1) is 5.82 Å². The summed E-state index contributed by atoms with van der Waals surface area (Å²) in [6, 6.07) is 13.7. The van der Waals surface area contributed by atoms with Gasteiger partial charge < -0.3 is 10.5 Å². The van der Waals surface area contributed by atoms with Crippen molar-refractivity contribution in [2.24, 2.45) is 5.73 Å². The van der Waals surface area contributed by atoms with Gasteiger partial charge >= 0.3 is 0 Å². The summed E-state index contributed by atoms with van der Waals surface area (Å²) in [6.45, 7) is 2.01. The van der Waals surface area contributed by atoms with Gasteiger partial charge in [0.05, 0.1) is 0 Å². The predicted octanol–water partition coefficient (Wildman–Crippen LogP) is 4.45. The Hall–Kier alpha value is -1.39. The molecular weight excluding hydrogens is 321 g/mol. The minimum absolute atomic E-state index is 0.153. The molecule has 2 rings (SSSR count). The van der Waals surface area contributed by atoms with E-state index < -0.39 is 0 Å². The smallest absolute Gasteiger partial charge is 0.139 e. The number of hydrogen-bond acceptors (Lipinski definition) is 2. The van der Waals surface area contributed by atoms with Gasteiger partial charge in [-0.1, -0.05) is 41.1 Å². The highest BCUT2D eigenvalue weighted by Gasteiger charge is 2.20. The van der Waals surface area contributed by atoms with Gasteiger partial charge in [0.1, 0.15) is 17.7 Å². The second-order valence-electron chi connectivity index (χ2n) is 4.62. The molecule has 2 N–H and O–H groups in total. The molecule has 4 heteroatoms. The molecule has 0 saturated heterocycles. The highest BCUT2D eigenvalue weighted by molar-refractivity contribution is 9.10. The normalized spacial score (nSPS) is 13.8. The third-order valence-corrected chi connectivity index (χ3v) is 3.61. The fraction of sp³-hybridized carbons (Fsp3) is 0.250. The van der Waals surface area contributed by atoms with Gasteiger partial charge in [0, 0.05) is 10.5 Å². The molecule has 2 unspecified atom stereocenters. The number of benzene rings is 2. The Balaban J connectivity index is 2.26. The molecule has 0 heterocycles. The molecule has 2 atom stereocenters. The van der Waals surface area contributed by atoms with Gasteiger partial charge in [-0.15, -0.1) is 0 Å². The molecule has 0 aliphatic rings. The van der Waals surface area contributed by atoms with Crippen molar-refractivity contribution in [2.45, 2.75) is 25.5 Å². The molecule has 0 aromatic heterocycles. The highest BCUT2D eigenvalue weighted by Crippen LogP contribution is 2.27. The zero-order valence-electron chi connectivity index (χ0n) is 11.2. The highest BCUT2D eigenvalue weighted by atomic mass is 79.9. The second kappa shape index (κ2) is 6.86. The van der Waals surface area contributed by atoms with Crippen LogP contribution in [0.4, 0.5) is 4.39 Å². The van der Waals surface area contributed by atoms with Gasteiger partial charge in [0.15, 0.2) is 0 Å². The summed E-state index contributed by atoms with van der Waals surface area (Å²) in [5.74, 6) is 0.470. The van der Waals surface area contributed by atoms with Gasteiger partial charge in [-0.3, -0.25) is 0 Å². The summed E-state index contributed by atoms with van der Waals surface area (Å²) in [5, 5.41) is 0. The van der Waals surface area contributed by atoms with Crippen LogP contribution in [0.5, 0.6) is 5.75 Å². The SMILES string of the molecule is CCC(N)C(Oc1cccc(Br)c1)c1ccc(F)cc1. The van der Waals surface area contributed by atoms with Crippen molar-refractivity contribution in [3.8, 4) is 5.75 Å². The van der Waals surface area contributed by atoms with Crippen molar-refractivity contribution < 1.29 is 9.13 Å². The topological polar surface area (TPSA) is 35.2 Å². The molecule has 2 aromatic carbocycles. The molecule has 2 aromatic rings. The minimum Gasteiger partial charge on any atom is -0.484 e. The number of ether oxygens (including phenoxy) is 1. The van der Waals surface area contributed by atoms with Gasteiger partial charge in [0.25, 0.3) is 0 Å². The zero-order chi connectivity index (χ0) is 14.5. The average Bonchev–Trinajstić information content (AvgIpc) is 2.45. The predicted molar refractivity (Wildman–Crippen MR) is 82.2 cm³/mol. The standard InChI is InChI=1S/C16H17BrFNO/c1-2-15(19)16(11-6-8-13(18)9-7-11)20-14-5-3-4-12(17)10-14/h3-10,15-16H,2,19H2,1H3. The van der Waals surface area contributed by atoms with Gasteiger partial charge in [0.2, 0.25) is 0 Å². The van der Waals surface area contributed by atoms with Crippen LogP contribution < -0.4 is 10.5 Å². The molecule has 2 nitrogen and oxygen atoms in total. The molecule has 0 saturated carbocycles. The largest absolute Gasteiger partial charge is 0.484 e. The molecule has 0 spiro atoms. The molecule has 106 valence electrons. The molecule has 0 bridgehead atoms. The molecule has 20 heavy (non-hydrogen) atoms. The van der Waals surface area contributed by atoms with Crippen molar-refractivity contribution in [2.75, 3.05) is 0 Å². The molecule has 0 aliphatic heterocycles. The van der Waals surface area contributed by atoms with Crippen molar-refractivity contribution in [3.63, 3.8) is 0 Å². The molecule has 0 amide bonds. The Morgan fingerprint density at radius 3 is 2.50 bits per heavy atom. The van der Waals surface area contributed by atoms with Gasteiger partial charge in [-0.2, -0.15) is 0 Å². The zero-order valence-corrected chi connectivity index (χ0v) is 12.8. The van der Waals surface area contributed by atoms with Crippen LogP contribution in [-0.4, -0.2) is 6.04 Å². The maximum absolute atomic E-state index is 13.0. The Labute approximate surface area is 126 Å². The van der Waals surface area contributed by atoms with Crippen LogP contribution in [0.15, 0.2) is 53.0 Å². The summed E-state index contributed by atoms with van der Waals surface area (Å²) in [6.07, 6.45) is 0.477. The summed E-state index contributed by atoms with van der Waals surface area (Å²) in [5.41, 5.74) is 7.02. The first kappa shape index (κ1) is 15.0. The Morgan fingerprint density at radius 1 is 1.20 bits per heavy atom. The van der Waals surface area contributed by atoms with Gasteiger partial charge in [-0.05, 0) is 42.3 Å². The lowest BCUT2D eigenvalue weighted by Crippen LogP contribution is -2.31. The van der Waals surface area contributed by atoms with Crippen molar-refractivity contribution in [1.29, 1.82) is 0 Å². The quantitative estimate of drug-likeness (QED) is 0.874. The van der Waals surface area contributed by atoms with Crippen LogP contribution in [0.3, 0.4) is 0 Å². The van der Waals surface area contributed by atoms with Crippen LogP contribution in [0.25, 0.3) is 0 Å². The average molecular weight is 338 g/mol. The number of hydrogen-bond donors (Lipinski definition) is 1. The Kier molecular flexibility index (Phi) is 5.15. The first-order valence-corrected chi connectivity index (χ1v) is 7.32. The maximum Gasteiger partial charge on any atom is 0.139 e. The lowest BCUT2D eigenvalue weighted by atomic mass is 10.0. The van der Waals surface area contributed by atoms with Crippen LogP contribution in [0.1, 0.15) is 25.0 Å². The first-order valence-electron chi connectivity index (χ1n) is 6.53.